The number of alkyl halides is 4. The van der Waals surface area contributed by atoms with Gasteiger partial charge in [0.25, 0.3) is 5.56 Å². The summed E-state index contributed by atoms with van der Waals surface area (Å²) in [6.07, 6.45) is -6.81. The molecule has 1 fully saturated rings. The number of aromatic nitrogens is 1. The Balaban J connectivity index is 1.58. The lowest BCUT2D eigenvalue weighted by Crippen LogP contribution is -2.49. The van der Waals surface area contributed by atoms with Crippen LogP contribution < -0.4 is 15.6 Å². The van der Waals surface area contributed by atoms with Crippen molar-refractivity contribution < 1.29 is 50.2 Å². The third-order valence-corrected chi connectivity index (χ3v) is 9.32. The highest BCUT2D eigenvalue weighted by molar-refractivity contribution is 5.85. The Hall–Kier alpha value is -5.18. The van der Waals surface area contributed by atoms with E-state index < -0.39 is 88.0 Å². The number of pyridine rings is 1. The molecule has 3 heterocycles. The molecule has 1 saturated heterocycles. The van der Waals surface area contributed by atoms with E-state index in [2.05, 4.69) is 5.32 Å². The molecule has 8 nitrogen and oxygen atoms in total. The fourth-order valence-electron chi connectivity index (χ4n) is 6.74. The Kier molecular flexibility index (Phi) is 9.92. The van der Waals surface area contributed by atoms with Crippen molar-refractivity contribution in [1.29, 1.82) is 0 Å². The highest BCUT2D eigenvalue weighted by Gasteiger charge is 2.38. The van der Waals surface area contributed by atoms with E-state index in [1.54, 1.807) is 24.0 Å². The number of hydrogen-bond donors (Lipinski definition) is 2. The molecule has 0 saturated carbocycles. The average Bonchev–Trinajstić information content (AvgIpc) is 3.04. The first-order valence-corrected chi connectivity index (χ1v) is 16.2. The molecule has 15 heteroatoms. The maximum absolute atomic E-state index is 16.6. The molecular formula is C37H32F7N3O5. The Labute approximate surface area is 292 Å². The van der Waals surface area contributed by atoms with Gasteiger partial charge in [-0.3, -0.25) is 23.9 Å². The number of carbonyl (C=O) groups excluding carboxylic acids is 1. The smallest absolute Gasteiger partial charge is 0.416 e. The molecule has 4 bridgehead atoms. The van der Waals surface area contributed by atoms with Gasteiger partial charge >= 0.3 is 12.1 Å². The predicted octanol–water partition coefficient (Wildman–Crippen LogP) is 6.58. The molecule has 1 amide bonds. The monoisotopic (exact) mass is 731 g/mol. The first-order valence-electron chi connectivity index (χ1n) is 16.2. The molecule has 52 heavy (non-hydrogen) atoms. The number of benzene rings is 3. The van der Waals surface area contributed by atoms with Crippen LogP contribution in [-0.4, -0.2) is 52.3 Å². The minimum atomic E-state index is -5.02. The summed E-state index contributed by atoms with van der Waals surface area (Å²) in [5.41, 5.74) is -3.82. The molecule has 0 spiro atoms. The molecule has 2 aliphatic heterocycles. The number of rotatable bonds is 6. The molecule has 0 aliphatic carbocycles. The molecule has 2 N–H and O–H groups in total. The minimum absolute atomic E-state index is 0.00506. The summed E-state index contributed by atoms with van der Waals surface area (Å²) >= 11 is 0. The Morgan fingerprint density at radius 1 is 1.00 bits per heavy atom. The zero-order valence-corrected chi connectivity index (χ0v) is 27.8. The van der Waals surface area contributed by atoms with Crippen LogP contribution in [0.1, 0.15) is 57.4 Å². The number of likely N-dealkylation sites (tertiary alicyclic amines) is 1. The van der Waals surface area contributed by atoms with E-state index in [-0.39, 0.29) is 66.7 Å². The first-order chi connectivity index (χ1) is 24.5. The van der Waals surface area contributed by atoms with Crippen LogP contribution in [0.4, 0.5) is 30.7 Å². The molecule has 0 radical (unpaired) electrons. The van der Waals surface area contributed by atoms with Crippen molar-refractivity contribution in [3.05, 3.63) is 121 Å². The van der Waals surface area contributed by atoms with Gasteiger partial charge in [-0.05, 0) is 66.8 Å². The molecule has 274 valence electrons. The maximum atomic E-state index is 16.6. The topological polar surface area (TPSA) is 101 Å². The summed E-state index contributed by atoms with van der Waals surface area (Å²) in [5.74, 6) is -6.26. The number of halogens is 7. The van der Waals surface area contributed by atoms with Gasteiger partial charge in [-0.25, -0.2) is 17.6 Å². The Bertz CT molecular complexity index is 2130. The van der Waals surface area contributed by atoms with Crippen LogP contribution in [0.2, 0.25) is 0 Å². The van der Waals surface area contributed by atoms with E-state index in [4.69, 9.17) is 4.74 Å². The molecule has 2 atom stereocenters. The van der Waals surface area contributed by atoms with E-state index in [0.717, 1.165) is 12.3 Å². The van der Waals surface area contributed by atoms with E-state index >= 15 is 13.2 Å². The summed E-state index contributed by atoms with van der Waals surface area (Å²) < 4.78 is 111. The lowest BCUT2D eigenvalue weighted by molar-refractivity contribution is -0.139. The van der Waals surface area contributed by atoms with Gasteiger partial charge in [-0.1, -0.05) is 18.2 Å². The van der Waals surface area contributed by atoms with Crippen molar-refractivity contribution >= 4 is 11.9 Å². The van der Waals surface area contributed by atoms with Gasteiger partial charge in [0.05, 0.1) is 18.0 Å². The standard InChI is InChI=1S/C37H32F7N3O5/c1-18-4-3-5-28-31(18)24-10-19(2)33(40)32(34(24)41)27(13-30(49)50)45-36(51)35(23-11-20(17-52-28)6-7-26(23)39)47-14-21(8-9-46-15-22(38)16-46)25(12-29(47)48)37(42,43)44/h3-7,10-12,14,22,27,35H,8-9,13,15-17H2,1-2H3,(H,45,51)(H,49,50)/t27-,35-/m1/s1. The maximum Gasteiger partial charge on any atom is 0.416 e. The van der Waals surface area contributed by atoms with Crippen LogP contribution in [0.3, 0.4) is 0 Å². The van der Waals surface area contributed by atoms with Crippen LogP contribution in [-0.2, 0) is 28.8 Å². The van der Waals surface area contributed by atoms with Gasteiger partial charge < -0.3 is 15.2 Å². The normalized spacial score (nSPS) is 18.1. The third-order valence-electron chi connectivity index (χ3n) is 9.32. The fourth-order valence-corrected chi connectivity index (χ4v) is 6.74. The van der Waals surface area contributed by atoms with Crippen LogP contribution >= 0.6 is 0 Å². The number of hydrogen-bond acceptors (Lipinski definition) is 5. The summed E-state index contributed by atoms with van der Waals surface area (Å²) in [6.45, 7) is 2.63. The number of carbonyl (C=O) groups is 2. The zero-order valence-electron chi connectivity index (χ0n) is 27.8. The van der Waals surface area contributed by atoms with Crippen LogP contribution in [0.5, 0.6) is 5.75 Å². The van der Waals surface area contributed by atoms with Crippen molar-refractivity contribution in [3.63, 3.8) is 0 Å². The summed E-state index contributed by atoms with van der Waals surface area (Å²) in [7, 11) is 0. The van der Waals surface area contributed by atoms with E-state index in [9.17, 15) is 37.1 Å². The number of nitrogens with one attached hydrogen (secondary N) is 1. The lowest BCUT2D eigenvalue weighted by Gasteiger charge is -2.34. The van der Waals surface area contributed by atoms with Crippen molar-refractivity contribution in [2.24, 2.45) is 0 Å². The number of ether oxygens (including phenoxy) is 1. The van der Waals surface area contributed by atoms with Crippen LogP contribution in [0.25, 0.3) is 11.1 Å². The number of carboxylic acids is 1. The second-order valence-corrected chi connectivity index (χ2v) is 13.0. The molecule has 2 aliphatic rings. The second-order valence-electron chi connectivity index (χ2n) is 13.0. The second kappa shape index (κ2) is 14.1. The van der Waals surface area contributed by atoms with Crippen molar-refractivity contribution in [2.45, 2.75) is 57.7 Å². The number of carboxylic acid groups (broad SMARTS) is 1. The van der Waals surface area contributed by atoms with Crippen molar-refractivity contribution in [2.75, 3.05) is 19.6 Å². The van der Waals surface area contributed by atoms with Crippen molar-refractivity contribution in [1.82, 2.24) is 14.8 Å². The fraction of sp³-hybridized carbons (Fsp3) is 0.324. The predicted molar refractivity (Wildman–Crippen MR) is 174 cm³/mol. The number of amides is 1. The van der Waals surface area contributed by atoms with Gasteiger partial charge in [-0.2, -0.15) is 13.2 Å². The largest absolute Gasteiger partial charge is 0.488 e. The highest BCUT2D eigenvalue weighted by Crippen LogP contribution is 2.41. The summed E-state index contributed by atoms with van der Waals surface area (Å²) in [4.78, 5) is 41.5. The molecule has 0 unspecified atom stereocenters. The summed E-state index contributed by atoms with van der Waals surface area (Å²) in [6, 6.07) is 5.67. The number of aryl methyl sites for hydroxylation is 2. The summed E-state index contributed by atoms with van der Waals surface area (Å²) in [5, 5.41) is 12.1. The number of fused-ring (bicyclic) bond motifs is 6. The van der Waals surface area contributed by atoms with Gasteiger partial charge in [-0.15, -0.1) is 0 Å². The van der Waals surface area contributed by atoms with E-state index in [0.29, 0.717) is 10.1 Å². The Morgan fingerprint density at radius 3 is 2.40 bits per heavy atom. The van der Waals surface area contributed by atoms with Crippen LogP contribution in [0, 0.1) is 31.3 Å². The molecule has 4 aromatic rings. The van der Waals surface area contributed by atoms with Gasteiger partial charge in [0.1, 0.15) is 42.0 Å². The minimum Gasteiger partial charge on any atom is -0.488 e. The zero-order chi connectivity index (χ0) is 37.6. The molecule has 3 aromatic carbocycles. The average molecular weight is 732 g/mol. The molecule has 6 rings (SSSR count). The third kappa shape index (κ3) is 7.14. The van der Waals surface area contributed by atoms with Gasteiger partial charge in [0.15, 0.2) is 0 Å². The number of aliphatic carboxylic acids is 1. The van der Waals surface area contributed by atoms with Gasteiger partial charge in [0, 0.05) is 54.2 Å². The number of nitrogens with zero attached hydrogens (tertiary/aromatic N) is 2. The first kappa shape index (κ1) is 36.6. The van der Waals surface area contributed by atoms with E-state index in [1.807, 2.05) is 0 Å². The van der Waals surface area contributed by atoms with E-state index in [1.165, 1.54) is 31.2 Å². The highest BCUT2D eigenvalue weighted by atomic mass is 19.4. The SMILES string of the molecule is Cc1cc2c(F)c(c1F)[C@@H](CC(=O)O)NC(=O)[C@H](n1cc(CCN3CC(F)C3)c(C(F)(F)F)cc1=O)c1cc(ccc1F)COc1cccc(C)c1-2. The molecule has 1 aromatic heterocycles. The van der Waals surface area contributed by atoms with Gasteiger partial charge in [0.2, 0.25) is 5.91 Å². The molecular weight excluding hydrogens is 699 g/mol. The Morgan fingerprint density at radius 2 is 1.73 bits per heavy atom. The lowest BCUT2D eigenvalue weighted by atomic mass is 9.90. The van der Waals surface area contributed by atoms with Crippen molar-refractivity contribution in [3.8, 4) is 16.9 Å². The van der Waals surface area contributed by atoms with Crippen LogP contribution in [0.15, 0.2) is 59.5 Å². The quantitative estimate of drug-likeness (QED) is 0.218.